The molecule has 0 bridgehead atoms. The van der Waals surface area contributed by atoms with E-state index in [0.29, 0.717) is 6.42 Å². The topological polar surface area (TPSA) is 149 Å². The van der Waals surface area contributed by atoms with E-state index in [-0.39, 0.29) is 12.5 Å². The van der Waals surface area contributed by atoms with Gasteiger partial charge in [-0.3, -0.25) is 4.79 Å². The highest BCUT2D eigenvalue weighted by Crippen LogP contribution is 2.22. The molecule has 0 aromatic rings. The van der Waals surface area contributed by atoms with Crippen LogP contribution in [-0.2, 0) is 14.3 Å². The molecule has 48 heavy (non-hydrogen) atoms. The van der Waals surface area contributed by atoms with Gasteiger partial charge in [0.1, 0.15) is 24.4 Å². The normalized spacial score (nSPS) is 23.2. The summed E-state index contributed by atoms with van der Waals surface area (Å²) < 4.78 is 11.1. The van der Waals surface area contributed by atoms with Gasteiger partial charge in [-0.2, -0.15) is 0 Å². The Morgan fingerprint density at radius 3 is 1.92 bits per heavy atom. The fraction of sp³-hybridized carbons (Fsp3) is 0.769. The molecule has 0 radical (unpaired) electrons. The van der Waals surface area contributed by atoms with Crippen molar-refractivity contribution in [2.75, 3.05) is 13.2 Å². The molecule has 1 amide bonds. The summed E-state index contributed by atoms with van der Waals surface area (Å²) in [5.74, 6) is -0.200. The molecule has 1 rings (SSSR count). The Bertz CT molecular complexity index is 889. The highest BCUT2D eigenvalue weighted by molar-refractivity contribution is 5.76. The Hall–Kier alpha value is -1.85. The van der Waals surface area contributed by atoms with Crippen LogP contribution in [0.1, 0.15) is 136 Å². The van der Waals surface area contributed by atoms with Gasteiger partial charge in [-0.1, -0.05) is 127 Å². The van der Waals surface area contributed by atoms with Crippen molar-refractivity contribution in [1.29, 1.82) is 0 Å². The lowest BCUT2D eigenvalue weighted by atomic mass is 9.99. The Morgan fingerprint density at radius 1 is 0.729 bits per heavy atom. The van der Waals surface area contributed by atoms with Crippen molar-refractivity contribution in [1.82, 2.24) is 5.32 Å². The van der Waals surface area contributed by atoms with E-state index >= 15 is 0 Å². The number of aliphatic hydroxyl groups excluding tert-OH is 5. The summed E-state index contributed by atoms with van der Waals surface area (Å²) in [6, 6.07) is -0.811. The maximum absolute atomic E-state index is 12.8. The van der Waals surface area contributed by atoms with Crippen LogP contribution in [0.3, 0.4) is 0 Å². The number of carbonyl (C=O) groups excluding carboxylic acids is 1. The molecule has 1 fully saturated rings. The monoisotopic (exact) mass is 680 g/mol. The summed E-state index contributed by atoms with van der Waals surface area (Å²) in [4.78, 5) is 12.8. The van der Waals surface area contributed by atoms with Crippen LogP contribution in [0.2, 0.25) is 0 Å². The van der Waals surface area contributed by atoms with Gasteiger partial charge in [-0.15, -0.1) is 0 Å². The number of carbonyl (C=O) groups is 1. The van der Waals surface area contributed by atoms with Gasteiger partial charge in [0.05, 0.1) is 25.4 Å². The third-order valence-corrected chi connectivity index (χ3v) is 8.66. The third-order valence-electron chi connectivity index (χ3n) is 8.66. The van der Waals surface area contributed by atoms with Crippen LogP contribution in [0.25, 0.3) is 0 Å². The van der Waals surface area contributed by atoms with Crippen LogP contribution in [-0.4, -0.2) is 87.5 Å². The molecular formula is C39H69NO8. The van der Waals surface area contributed by atoms with E-state index < -0.39 is 49.5 Å². The van der Waals surface area contributed by atoms with E-state index in [1.54, 1.807) is 6.08 Å². The first-order valence-corrected chi connectivity index (χ1v) is 18.9. The zero-order valence-electron chi connectivity index (χ0n) is 30.0. The predicted octanol–water partition coefficient (Wildman–Crippen LogP) is 6.33. The zero-order valence-corrected chi connectivity index (χ0v) is 30.0. The molecule has 6 N–H and O–H groups in total. The second-order valence-electron chi connectivity index (χ2n) is 13.0. The SMILES string of the molecule is CC/C=C\C/C=C\C/C=C\CCCCCCCC(=O)NC(COC1OC(CO)C(O)C(O)C1O)C(O)/C=C/CCCCCCCCCC. The number of aliphatic hydroxyl groups is 5. The van der Waals surface area contributed by atoms with Crippen molar-refractivity contribution in [3.63, 3.8) is 0 Å². The number of allylic oxidation sites excluding steroid dienone is 7. The summed E-state index contributed by atoms with van der Waals surface area (Å²) in [6.07, 6.45) is 28.7. The molecule has 0 saturated carbocycles. The smallest absolute Gasteiger partial charge is 0.220 e. The molecule has 7 atom stereocenters. The number of nitrogens with one attached hydrogen (secondary N) is 1. The second kappa shape index (κ2) is 30.0. The van der Waals surface area contributed by atoms with Crippen molar-refractivity contribution in [3.8, 4) is 0 Å². The highest BCUT2D eigenvalue weighted by Gasteiger charge is 2.44. The molecule has 0 aromatic carbocycles. The van der Waals surface area contributed by atoms with Gasteiger partial charge in [-0.05, 0) is 51.4 Å². The first kappa shape index (κ1) is 44.2. The average molecular weight is 680 g/mol. The quantitative estimate of drug-likeness (QED) is 0.0397. The van der Waals surface area contributed by atoms with E-state index in [9.17, 15) is 30.3 Å². The molecule has 0 aromatic heterocycles. The molecule has 1 aliphatic rings. The Morgan fingerprint density at radius 2 is 1.29 bits per heavy atom. The summed E-state index contributed by atoms with van der Waals surface area (Å²) in [5, 5.41) is 53.8. The second-order valence-corrected chi connectivity index (χ2v) is 13.0. The van der Waals surface area contributed by atoms with Gasteiger partial charge in [0.15, 0.2) is 6.29 Å². The number of hydrogen-bond acceptors (Lipinski definition) is 8. The fourth-order valence-corrected chi connectivity index (χ4v) is 5.58. The van der Waals surface area contributed by atoms with Crippen molar-refractivity contribution in [2.45, 2.75) is 179 Å². The minimum atomic E-state index is -1.57. The molecule has 1 aliphatic heterocycles. The summed E-state index contributed by atoms with van der Waals surface area (Å²) >= 11 is 0. The lowest BCUT2D eigenvalue weighted by Crippen LogP contribution is -2.60. The molecular weight excluding hydrogens is 610 g/mol. The Labute approximate surface area is 291 Å². The Balaban J connectivity index is 2.47. The van der Waals surface area contributed by atoms with Crippen LogP contribution in [0.5, 0.6) is 0 Å². The van der Waals surface area contributed by atoms with E-state index in [1.807, 2.05) is 6.08 Å². The molecule has 278 valence electrons. The largest absolute Gasteiger partial charge is 0.394 e. The fourth-order valence-electron chi connectivity index (χ4n) is 5.58. The summed E-state index contributed by atoms with van der Waals surface area (Å²) in [7, 11) is 0. The van der Waals surface area contributed by atoms with Crippen molar-refractivity contribution >= 4 is 5.91 Å². The molecule has 9 nitrogen and oxygen atoms in total. The lowest BCUT2D eigenvalue weighted by Gasteiger charge is -2.40. The molecule has 1 saturated heterocycles. The molecule has 0 aliphatic carbocycles. The molecule has 0 spiro atoms. The van der Waals surface area contributed by atoms with Gasteiger partial charge >= 0.3 is 0 Å². The minimum absolute atomic E-state index is 0.198. The molecule has 9 heteroatoms. The minimum Gasteiger partial charge on any atom is -0.394 e. The third kappa shape index (κ3) is 21.3. The van der Waals surface area contributed by atoms with Gasteiger partial charge in [-0.25, -0.2) is 0 Å². The highest BCUT2D eigenvalue weighted by atomic mass is 16.7. The van der Waals surface area contributed by atoms with Gasteiger partial charge < -0.3 is 40.3 Å². The van der Waals surface area contributed by atoms with Gasteiger partial charge in [0, 0.05) is 6.42 Å². The maximum atomic E-state index is 12.8. The summed E-state index contributed by atoms with van der Waals surface area (Å²) in [5.41, 5.74) is 0. The van der Waals surface area contributed by atoms with Crippen LogP contribution in [0.4, 0.5) is 0 Å². The standard InChI is InChI=1S/C39H69NO8/c1-3-5-7-9-11-13-15-16-17-18-19-21-23-25-27-29-35(43)40-32(31-47-39-38(46)37(45)36(44)34(30-41)48-39)33(42)28-26-24-22-20-14-12-10-8-6-4-2/h5,7,11,13,16-17,26,28,32-34,36-39,41-42,44-46H,3-4,6,8-10,12,14-15,18-25,27,29-31H2,1-2H3,(H,40,43)/b7-5-,13-11-,17-16-,28-26+. The number of hydrogen-bond donors (Lipinski definition) is 6. The average Bonchev–Trinajstić information content (AvgIpc) is 3.08. The van der Waals surface area contributed by atoms with Crippen LogP contribution in [0.15, 0.2) is 48.6 Å². The number of amides is 1. The van der Waals surface area contributed by atoms with Crippen molar-refractivity contribution in [2.24, 2.45) is 0 Å². The predicted molar refractivity (Wildman–Crippen MR) is 193 cm³/mol. The maximum Gasteiger partial charge on any atom is 0.220 e. The first-order valence-electron chi connectivity index (χ1n) is 18.9. The number of rotatable bonds is 29. The van der Waals surface area contributed by atoms with E-state index in [4.69, 9.17) is 9.47 Å². The van der Waals surface area contributed by atoms with Gasteiger partial charge in [0.25, 0.3) is 0 Å². The molecule has 7 unspecified atom stereocenters. The van der Waals surface area contributed by atoms with Gasteiger partial charge in [0.2, 0.25) is 5.91 Å². The van der Waals surface area contributed by atoms with Crippen LogP contribution < -0.4 is 5.32 Å². The lowest BCUT2D eigenvalue weighted by molar-refractivity contribution is -0.302. The number of ether oxygens (including phenoxy) is 2. The zero-order chi connectivity index (χ0) is 35.2. The van der Waals surface area contributed by atoms with E-state index in [0.717, 1.165) is 77.0 Å². The molecule has 1 heterocycles. The summed E-state index contributed by atoms with van der Waals surface area (Å²) in [6.45, 7) is 3.59. The van der Waals surface area contributed by atoms with Crippen molar-refractivity contribution in [3.05, 3.63) is 48.6 Å². The Kier molecular flexibility index (Phi) is 27.6. The number of unbranched alkanes of at least 4 members (excludes halogenated alkanes) is 13. The first-order chi connectivity index (χ1) is 23.3. The van der Waals surface area contributed by atoms with Crippen LogP contribution in [0, 0.1) is 0 Å². The van der Waals surface area contributed by atoms with Crippen molar-refractivity contribution < 1.29 is 39.8 Å². The van der Waals surface area contributed by atoms with E-state index in [2.05, 4.69) is 55.6 Å². The van der Waals surface area contributed by atoms with E-state index in [1.165, 1.54) is 38.5 Å². The van der Waals surface area contributed by atoms with Crippen LogP contribution >= 0.6 is 0 Å².